The molecule has 0 aliphatic carbocycles. The SMILES string of the molecule is CCC(Nc1cc(N2CCN(C)C(=O)C2)ncn1)c1ccncc1. The second-order valence-corrected chi connectivity index (χ2v) is 5.88. The third-order valence-electron chi connectivity index (χ3n) is 4.27. The van der Waals surface area contributed by atoms with Gasteiger partial charge in [0, 0.05) is 38.6 Å². The highest BCUT2D eigenvalue weighted by Gasteiger charge is 2.22. The van der Waals surface area contributed by atoms with Gasteiger partial charge in [0.05, 0.1) is 12.6 Å². The minimum Gasteiger partial charge on any atom is -0.363 e. The number of carbonyl (C=O) groups excluding carboxylic acids is 1. The van der Waals surface area contributed by atoms with Crippen molar-refractivity contribution in [2.75, 3.05) is 36.9 Å². The van der Waals surface area contributed by atoms with Crippen LogP contribution in [0.15, 0.2) is 36.9 Å². The molecule has 0 aromatic carbocycles. The van der Waals surface area contributed by atoms with E-state index in [9.17, 15) is 4.79 Å². The molecule has 24 heavy (non-hydrogen) atoms. The Bertz CT molecular complexity index is 692. The number of hydrogen-bond acceptors (Lipinski definition) is 6. The Kier molecular flexibility index (Phi) is 4.88. The van der Waals surface area contributed by atoms with Gasteiger partial charge in [-0.1, -0.05) is 6.92 Å². The summed E-state index contributed by atoms with van der Waals surface area (Å²) < 4.78 is 0. The highest BCUT2D eigenvalue weighted by atomic mass is 16.2. The lowest BCUT2D eigenvalue weighted by Gasteiger charge is -2.32. The van der Waals surface area contributed by atoms with Crippen LogP contribution in [-0.2, 0) is 4.79 Å². The third-order valence-corrected chi connectivity index (χ3v) is 4.27. The van der Waals surface area contributed by atoms with Gasteiger partial charge in [-0.25, -0.2) is 9.97 Å². The number of hydrogen-bond donors (Lipinski definition) is 1. The summed E-state index contributed by atoms with van der Waals surface area (Å²) in [5.74, 6) is 1.64. The lowest BCUT2D eigenvalue weighted by atomic mass is 10.1. The van der Waals surface area contributed by atoms with Gasteiger partial charge in [0.2, 0.25) is 5.91 Å². The van der Waals surface area contributed by atoms with Crippen molar-refractivity contribution in [3.8, 4) is 0 Å². The molecule has 2 aromatic rings. The molecular formula is C17H22N6O. The first-order chi connectivity index (χ1) is 11.7. The first kappa shape index (κ1) is 16.2. The van der Waals surface area contributed by atoms with Crippen LogP contribution >= 0.6 is 0 Å². The molecule has 0 radical (unpaired) electrons. The van der Waals surface area contributed by atoms with Crippen molar-refractivity contribution in [3.05, 3.63) is 42.5 Å². The topological polar surface area (TPSA) is 74.2 Å². The van der Waals surface area contributed by atoms with Crippen LogP contribution in [0.5, 0.6) is 0 Å². The van der Waals surface area contributed by atoms with E-state index in [1.54, 1.807) is 23.6 Å². The summed E-state index contributed by atoms with van der Waals surface area (Å²) in [7, 11) is 1.83. The van der Waals surface area contributed by atoms with E-state index in [-0.39, 0.29) is 11.9 Å². The Morgan fingerprint density at radius 2 is 2.04 bits per heavy atom. The molecule has 0 saturated carbocycles. The number of pyridine rings is 1. The van der Waals surface area contributed by atoms with Crippen LogP contribution < -0.4 is 10.2 Å². The fourth-order valence-corrected chi connectivity index (χ4v) is 2.75. The molecule has 1 saturated heterocycles. The number of piperazine rings is 1. The van der Waals surface area contributed by atoms with Gasteiger partial charge in [0.1, 0.15) is 18.0 Å². The summed E-state index contributed by atoms with van der Waals surface area (Å²) in [5, 5.41) is 3.44. The number of nitrogens with one attached hydrogen (secondary N) is 1. The molecule has 0 spiro atoms. The van der Waals surface area contributed by atoms with E-state index in [1.165, 1.54) is 5.56 Å². The summed E-state index contributed by atoms with van der Waals surface area (Å²) in [4.78, 5) is 28.3. The largest absolute Gasteiger partial charge is 0.363 e. The van der Waals surface area contributed by atoms with Crippen LogP contribution in [0.1, 0.15) is 24.9 Å². The number of anilines is 2. The van der Waals surface area contributed by atoms with Gasteiger partial charge in [-0.3, -0.25) is 9.78 Å². The van der Waals surface area contributed by atoms with Crippen LogP contribution in [0.3, 0.4) is 0 Å². The number of rotatable bonds is 5. The van der Waals surface area contributed by atoms with Crippen molar-refractivity contribution < 1.29 is 4.79 Å². The molecule has 1 fully saturated rings. The lowest BCUT2D eigenvalue weighted by molar-refractivity contribution is -0.129. The molecule has 1 amide bonds. The summed E-state index contributed by atoms with van der Waals surface area (Å²) in [6, 6.07) is 6.07. The number of aromatic nitrogens is 3. The fraction of sp³-hybridized carbons (Fsp3) is 0.412. The van der Waals surface area contributed by atoms with Crippen molar-refractivity contribution >= 4 is 17.5 Å². The second-order valence-electron chi connectivity index (χ2n) is 5.88. The van der Waals surface area contributed by atoms with E-state index < -0.39 is 0 Å². The third kappa shape index (κ3) is 3.61. The van der Waals surface area contributed by atoms with Gasteiger partial charge in [-0.05, 0) is 24.1 Å². The van der Waals surface area contributed by atoms with E-state index in [1.807, 2.05) is 30.1 Å². The zero-order chi connectivity index (χ0) is 16.9. The van der Waals surface area contributed by atoms with E-state index in [0.717, 1.165) is 24.6 Å². The molecule has 3 rings (SSSR count). The van der Waals surface area contributed by atoms with Gasteiger partial charge < -0.3 is 15.1 Å². The maximum Gasteiger partial charge on any atom is 0.241 e. The maximum atomic E-state index is 11.9. The lowest BCUT2D eigenvalue weighted by Crippen LogP contribution is -2.48. The van der Waals surface area contributed by atoms with Crippen molar-refractivity contribution in [3.63, 3.8) is 0 Å². The Labute approximate surface area is 141 Å². The average Bonchev–Trinajstić information content (AvgIpc) is 2.63. The maximum absolute atomic E-state index is 11.9. The molecule has 1 aliphatic rings. The van der Waals surface area contributed by atoms with E-state index in [0.29, 0.717) is 13.1 Å². The van der Waals surface area contributed by atoms with Crippen LogP contribution in [0.4, 0.5) is 11.6 Å². The normalized spacial score (nSPS) is 16.2. The molecule has 1 atom stereocenters. The molecule has 3 heterocycles. The quantitative estimate of drug-likeness (QED) is 0.902. The van der Waals surface area contributed by atoms with Crippen molar-refractivity contribution in [2.24, 2.45) is 0 Å². The van der Waals surface area contributed by atoms with Crippen LogP contribution in [0.25, 0.3) is 0 Å². The van der Waals surface area contributed by atoms with Gasteiger partial charge in [-0.15, -0.1) is 0 Å². The number of likely N-dealkylation sites (N-methyl/N-ethyl adjacent to an activating group) is 1. The molecule has 1 N–H and O–H groups in total. The molecule has 1 unspecified atom stereocenters. The van der Waals surface area contributed by atoms with Crippen molar-refractivity contribution in [1.29, 1.82) is 0 Å². The summed E-state index contributed by atoms with van der Waals surface area (Å²) in [6.07, 6.45) is 6.05. The molecule has 7 heteroatoms. The Morgan fingerprint density at radius 1 is 1.25 bits per heavy atom. The first-order valence-corrected chi connectivity index (χ1v) is 8.14. The van der Waals surface area contributed by atoms with E-state index in [4.69, 9.17) is 0 Å². The summed E-state index contributed by atoms with van der Waals surface area (Å²) in [6.45, 7) is 3.97. The smallest absolute Gasteiger partial charge is 0.241 e. The van der Waals surface area contributed by atoms with E-state index in [2.05, 4.69) is 27.2 Å². The zero-order valence-corrected chi connectivity index (χ0v) is 14.0. The molecule has 2 aromatic heterocycles. The Hall–Kier alpha value is -2.70. The predicted octanol–water partition coefficient (Wildman–Crippen LogP) is 1.71. The minimum atomic E-state index is 0.109. The van der Waals surface area contributed by atoms with Crippen molar-refractivity contribution in [2.45, 2.75) is 19.4 Å². The average molecular weight is 326 g/mol. The first-order valence-electron chi connectivity index (χ1n) is 8.14. The Balaban J connectivity index is 1.74. The molecule has 0 bridgehead atoms. The minimum absolute atomic E-state index is 0.109. The van der Waals surface area contributed by atoms with E-state index >= 15 is 0 Å². The number of nitrogens with zero attached hydrogens (tertiary/aromatic N) is 5. The van der Waals surface area contributed by atoms with Crippen molar-refractivity contribution in [1.82, 2.24) is 19.9 Å². The standard InChI is InChI=1S/C17H22N6O/c1-3-14(13-4-6-18-7-5-13)21-15-10-16(20-12-19-15)23-9-8-22(2)17(24)11-23/h4-7,10,12,14H,3,8-9,11H2,1-2H3,(H,19,20,21). The van der Waals surface area contributed by atoms with Crippen LogP contribution in [0, 0.1) is 0 Å². The molecule has 7 nitrogen and oxygen atoms in total. The van der Waals surface area contributed by atoms with Gasteiger partial charge >= 0.3 is 0 Å². The number of amides is 1. The van der Waals surface area contributed by atoms with Gasteiger partial charge in [0.25, 0.3) is 0 Å². The monoisotopic (exact) mass is 326 g/mol. The highest BCUT2D eigenvalue weighted by molar-refractivity contribution is 5.82. The predicted molar refractivity (Wildman–Crippen MR) is 92.8 cm³/mol. The van der Waals surface area contributed by atoms with Gasteiger partial charge in [0.15, 0.2) is 0 Å². The molecular weight excluding hydrogens is 304 g/mol. The fourth-order valence-electron chi connectivity index (χ4n) is 2.75. The second kappa shape index (κ2) is 7.25. The Morgan fingerprint density at radius 3 is 2.75 bits per heavy atom. The van der Waals surface area contributed by atoms with Crippen LogP contribution in [-0.4, -0.2) is 52.4 Å². The zero-order valence-electron chi connectivity index (χ0n) is 14.0. The number of carbonyl (C=O) groups is 1. The molecule has 126 valence electrons. The highest BCUT2D eigenvalue weighted by Crippen LogP contribution is 2.23. The summed E-state index contributed by atoms with van der Waals surface area (Å²) in [5.41, 5.74) is 1.17. The summed E-state index contributed by atoms with van der Waals surface area (Å²) >= 11 is 0. The van der Waals surface area contributed by atoms with Crippen LogP contribution in [0.2, 0.25) is 0 Å². The van der Waals surface area contributed by atoms with Gasteiger partial charge in [-0.2, -0.15) is 0 Å². The molecule has 1 aliphatic heterocycles.